The molecule has 0 unspecified atom stereocenters. The molecule has 0 aliphatic rings. The zero-order chi connectivity index (χ0) is 17.0. The van der Waals surface area contributed by atoms with Crippen LogP contribution in [0.4, 0.5) is 0 Å². The summed E-state index contributed by atoms with van der Waals surface area (Å²) in [5.74, 6) is 0. The van der Waals surface area contributed by atoms with Gasteiger partial charge in [-0.1, -0.05) is 6.92 Å². The van der Waals surface area contributed by atoms with Crippen LogP contribution in [-0.4, -0.2) is 20.8 Å². The van der Waals surface area contributed by atoms with Crippen molar-refractivity contribution in [3.8, 4) is 0 Å². The van der Waals surface area contributed by atoms with Gasteiger partial charge in [0, 0.05) is 0 Å². The molecule has 0 spiro atoms. The quantitative estimate of drug-likeness (QED) is 0.353. The molecule has 0 amide bonds. The molecule has 0 aliphatic carbocycles. The molecular formula is C19H35O3P. The maximum atomic E-state index is 10.2. The number of benzene rings is 1. The van der Waals surface area contributed by atoms with Crippen molar-refractivity contribution < 1.29 is 14.7 Å². The minimum absolute atomic E-state index is 0.0760. The van der Waals surface area contributed by atoms with Crippen LogP contribution in [0.3, 0.4) is 0 Å². The molecule has 0 saturated carbocycles. The van der Waals surface area contributed by atoms with Crippen LogP contribution in [0.15, 0.2) is 30.3 Å². The Balaban J connectivity index is 2.08. The predicted molar refractivity (Wildman–Crippen MR) is 101 cm³/mol. The van der Waals surface area contributed by atoms with Gasteiger partial charge in [-0.05, 0) is 0 Å². The van der Waals surface area contributed by atoms with Crippen LogP contribution in [-0.2, 0) is 0 Å². The Kier molecular flexibility index (Phi) is 9.31. The third kappa shape index (κ3) is 8.81. The molecule has 0 heterocycles. The topological polar surface area (TPSA) is 60.7 Å². The van der Waals surface area contributed by atoms with Crippen molar-refractivity contribution in [1.82, 2.24) is 0 Å². The van der Waals surface area contributed by atoms with Crippen LogP contribution in [0.25, 0.3) is 0 Å². The van der Waals surface area contributed by atoms with Crippen LogP contribution in [0.2, 0.25) is 0 Å². The standard InChI is InChI=1S/C19H35O3P/c1-2-3-4-5-6-7-8-9-10-11-15-18-23(20,21,22)19-16-13-12-14-17-19/h12-14,16-17,20-22H,2-11,15,18H2,1H3. The number of unbranched alkanes of at least 4 members (excludes halogenated alkanes) is 10. The summed E-state index contributed by atoms with van der Waals surface area (Å²) in [7, 11) is -4.65. The second-order valence-electron chi connectivity index (χ2n) is 6.75. The van der Waals surface area contributed by atoms with E-state index in [0.717, 1.165) is 12.8 Å². The number of hydrogen-bond acceptors (Lipinski definition) is 3. The molecule has 1 rings (SSSR count). The van der Waals surface area contributed by atoms with Crippen molar-refractivity contribution in [1.29, 1.82) is 0 Å². The van der Waals surface area contributed by atoms with Gasteiger partial charge in [-0.2, -0.15) is 0 Å². The zero-order valence-electron chi connectivity index (χ0n) is 14.7. The van der Waals surface area contributed by atoms with Crippen molar-refractivity contribution >= 4 is 12.6 Å². The van der Waals surface area contributed by atoms with E-state index < -0.39 is 7.28 Å². The van der Waals surface area contributed by atoms with E-state index in [0.29, 0.717) is 6.42 Å². The first-order valence-electron chi connectivity index (χ1n) is 9.26. The van der Waals surface area contributed by atoms with E-state index in [1.165, 1.54) is 51.4 Å². The van der Waals surface area contributed by atoms with E-state index in [1.807, 2.05) is 0 Å². The summed E-state index contributed by atoms with van der Waals surface area (Å²) in [5.41, 5.74) is 0. The second-order valence-corrected chi connectivity index (χ2v) is 10.0. The molecular weight excluding hydrogens is 307 g/mol. The first-order valence-corrected chi connectivity index (χ1v) is 11.5. The fraction of sp³-hybridized carbons (Fsp3) is 0.684. The first-order chi connectivity index (χ1) is 10.9. The molecule has 4 heteroatoms. The molecule has 0 bridgehead atoms. The Labute approximate surface area is 141 Å². The van der Waals surface area contributed by atoms with Gasteiger partial charge < -0.3 is 0 Å². The number of hydrogen-bond donors (Lipinski definition) is 3. The summed E-state index contributed by atoms with van der Waals surface area (Å²) < 4.78 is 0. The van der Waals surface area contributed by atoms with Gasteiger partial charge in [-0.15, -0.1) is 0 Å². The average molecular weight is 342 g/mol. The van der Waals surface area contributed by atoms with E-state index in [9.17, 15) is 14.7 Å². The van der Waals surface area contributed by atoms with Gasteiger partial charge in [0.25, 0.3) is 0 Å². The molecule has 0 atom stereocenters. The van der Waals surface area contributed by atoms with E-state index in [4.69, 9.17) is 0 Å². The second kappa shape index (κ2) is 10.4. The monoisotopic (exact) mass is 342 g/mol. The van der Waals surface area contributed by atoms with Gasteiger partial charge in [-0.3, -0.25) is 0 Å². The third-order valence-electron chi connectivity index (χ3n) is 4.46. The van der Waals surface area contributed by atoms with Crippen LogP contribution in [0.5, 0.6) is 0 Å². The van der Waals surface area contributed by atoms with Gasteiger partial charge in [0.1, 0.15) is 0 Å². The zero-order valence-corrected chi connectivity index (χ0v) is 15.6. The summed E-state index contributed by atoms with van der Waals surface area (Å²) in [4.78, 5) is 30.7. The van der Waals surface area contributed by atoms with Gasteiger partial charge in [-0.25, -0.2) is 0 Å². The molecule has 3 nitrogen and oxygen atoms in total. The van der Waals surface area contributed by atoms with Crippen molar-refractivity contribution in [3.63, 3.8) is 0 Å². The fourth-order valence-electron chi connectivity index (χ4n) is 2.93. The van der Waals surface area contributed by atoms with Crippen molar-refractivity contribution in [2.75, 3.05) is 6.16 Å². The molecule has 1 aromatic carbocycles. The average Bonchev–Trinajstić information content (AvgIpc) is 2.53. The van der Waals surface area contributed by atoms with Gasteiger partial charge in [0.2, 0.25) is 0 Å². The molecule has 23 heavy (non-hydrogen) atoms. The van der Waals surface area contributed by atoms with Crippen molar-refractivity contribution in [3.05, 3.63) is 30.3 Å². The fourth-order valence-corrected chi connectivity index (χ4v) is 4.78. The first kappa shape index (κ1) is 20.6. The summed E-state index contributed by atoms with van der Waals surface area (Å²) in [6, 6.07) is 8.44. The molecule has 1 aromatic rings. The van der Waals surface area contributed by atoms with Gasteiger partial charge in [0.15, 0.2) is 0 Å². The van der Waals surface area contributed by atoms with Gasteiger partial charge in [0.05, 0.1) is 0 Å². The summed E-state index contributed by atoms with van der Waals surface area (Å²) in [5, 5.41) is 0.269. The minimum atomic E-state index is -4.65. The Bertz CT molecular complexity index is 412. The Morgan fingerprint density at radius 2 is 1.09 bits per heavy atom. The predicted octanol–water partition coefficient (Wildman–Crippen LogP) is 4.90. The summed E-state index contributed by atoms with van der Waals surface area (Å²) >= 11 is 0. The molecule has 0 fully saturated rings. The van der Waals surface area contributed by atoms with Crippen molar-refractivity contribution in [2.45, 2.75) is 77.6 Å². The summed E-state index contributed by atoms with van der Waals surface area (Å²) in [6.07, 6.45) is 13.3. The molecule has 0 radical (unpaired) electrons. The van der Waals surface area contributed by atoms with Crippen LogP contribution < -0.4 is 5.30 Å². The SMILES string of the molecule is CCCCCCCCCCCCCP(O)(O)(O)c1ccccc1. The van der Waals surface area contributed by atoms with Crippen LogP contribution >= 0.6 is 7.28 Å². The molecule has 3 N–H and O–H groups in total. The molecule has 0 aromatic heterocycles. The molecule has 0 saturated heterocycles. The van der Waals surface area contributed by atoms with Crippen LogP contribution in [0, 0.1) is 0 Å². The van der Waals surface area contributed by atoms with E-state index in [2.05, 4.69) is 6.92 Å². The van der Waals surface area contributed by atoms with E-state index >= 15 is 0 Å². The maximum absolute atomic E-state index is 10.2. The Morgan fingerprint density at radius 3 is 1.57 bits per heavy atom. The van der Waals surface area contributed by atoms with E-state index in [1.54, 1.807) is 30.3 Å². The molecule has 134 valence electrons. The van der Waals surface area contributed by atoms with Crippen molar-refractivity contribution in [2.24, 2.45) is 0 Å². The van der Waals surface area contributed by atoms with Crippen LogP contribution in [0.1, 0.15) is 77.6 Å². The Hall–Kier alpha value is -0.470. The van der Waals surface area contributed by atoms with E-state index in [-0.39, 0.29) is 11.5 Å². The van der Waals surface area contributed by atoms with Gasteiger partial charge >= 0.3 is 134 Å². The molecule has 0 aliphatic heterocycles. The summed E-state index contributed by atoms with van der Waals surface area (Å²) in [6.45, 7) is 2.24. The Morgan fingerprint density at radius 1 is 0.652 bits per heavy atom. The third-order valence-corrected chi connectivity index (χ3v) is 6.95. The normalized spacial score (nSPS) is 13.7. The number of rotatable bonds is 13.